The Kier molecular flexibility index (Phi) is 4.27. The fraction of sp³-hybridized carbons (Fsp3) is 0.250. The van der Waals surface area contributed by atoms with Crippen molar-refractivity contribution in [3.63, 3.8) is 0 Å². The van der Waals surface area contributed by atoms with Crippen molar-refractivity contribution in [1.82, 2.24) is 0 Å². The van der Waals surface area contributed by atoms with Crippen molar-refractivity contribution in [2.75, 3.05) is 0 Å². The van der Waals surface area contributed by atoms with Crippen molar-refractivity contribution in [2.24, 2.45) is 0 Å². The summed E-state index contributed by atoms with van der Waals surface area (Å²) in [5, 5.41) is 9.74. The minimum atomic E-state index is -0.677. The summed E-state index contributed by atoms with van der Waals surface area (Å²) >= 11 is 1.56. The van der Waals surface area contributed by atoms with E-state index in [2.05, 4.69) is 32.0 Å². The molecule has 0 spiro atoms. The smallest absolute Gasteiger partial charge is 0.123 e. The van der Waals surface area contributed by atoms with Crippen LogP contribution in [-0.2, 0) is 0 Å². The summed E-state index contributed by atoms with van der Waals surface area (Å²) in [5.74, 6) is -0.319. The third kappa shape index (κ3) is 3.37. The predicted octanol–water partition coefficient (Wildman–Crippen LogP) is 4.65. The highest BCUT2D eigenvalue weighted by atomic mass is 32.2. The van der Waals surface area contributed by atoms with Crippen LogP contribution >= 0.6 is 11.8 Å². The molecule has 1 nitrogen and oxygen atoms in total. The molecule has 0 amide bonds. The number of aliphatic hydroxyl groups excluding tert-OH is 1. The normalized spacial score (nSPS) is 12.5. The summed E-state index contributed by atoms with van der Waals surface area (Å²) in [7, 11) is 0. The Labute approximate surface area is 117 Å². The quantitative estimate of drug-likeness (QED) is 0.880. The van der Waals surface area contributed by atoms with Crippen LogP contribution in [0.2, 0.25) is 0 Å². The van der Waals surface area contributed by atoms with Crippen molar-refractivity contribution in [3.8, 4) is 0 Å². The van der Waals surface area contributed by atoms with Gasteiger partial charge >= 0.3 is 0 Å². The van der Waals surface area contributed by atoms with Crippen molar-refractivity contribution in [1.29, 1.82) is 0 Å². The van der Waals surface area contributed by atoms with Crippen LogP contribution in [-0.4, -0.2) is 5.11 Å². The molecule has 19 heavy (non-hydrogen) atoms. The molecule has 0 unspecified atom stereocenters. The Morgan fingerprint density at radius 1 is 1.05 bits per heavy atom. The lowest BCUT2D eigenvalue weighted by Crippen LogP contribution is -1.95. The van der Waals surface area contributed by atoms with Gasteiger partial charge in [-0.1, -0.05) is 29.5 Å². The molecule has 1 N–H and O–H groups in total. The first kappa shape index (κ1) is 14.1. The van der Waals surface area contributed by atoms with Gasteiger partial charge in [-0.15, -0.1) is 0 Å². The van der Waals surface area contributed by atoms with E-state index in [-0.39, 0.29) is 5.82 Å². The van der Waals surface area contributed by atoms with E-state index in [1.54, 1.807) is 24.8 Å². The second-order valence-corrected chi connectivity index (χ2v) is 5.81. The zero-order valence-corrected chi connectivity index (χ0v) is 12.1. The van der Waals surface area contributed by atoms with E-state index in [0.29, 0.717) is 5.56 Å². The second kappa shape index (κ2) is 5.76. The number of aryl methyl sites for hydroxylation is 2. The van der Waals surface area contributed by atoms with Gasteiger partial charge in [0.1, 0.15) is 5.82 Å². The maximum Gasteiger partial charge on any atom is 0.123 e. The summed E-state index contributed by atoms with van der Waals surface area (Å²) in [6, 6.07) is 10.8. The minimum absolute atomic E-state index is 0.319. The Morgan fingerprint density at radius 2 is 1.74 bits per heavy atom. The van der Waals surface area contributed by atoms with Crippen LogP contribution in [0.15, 0.2) is 46.2 Å². The van der Waals surface area contributed by atoms with Crippen LogP contribution in [0.1, 0.15) is 29.7 Å². The average molecular weight is 276 g/mol. The van der Waals surface area contributed by atoms with Crippen molar-refractivity contribution in [2.45, 2.75) is 36.7 Å². The standard InChI is InChI=1S/C16H17FOS/c1-10-4-6-15(11(2)8-10)19-16-7-5-13(17)9-14(16)12(3)18/h4-9,12,18H,1-3H3/t12-/m1/s1. The molecule has 2 aromatic rings. The van der Waals surface area contributed by atoms with Crippen LogP contribution in [0.3, 0.4) is 0 Å². The van der Waals surface area contributed by atoms with Crippen LogP contribution in [0.5, 0.6) is 0 Å². The van der Waals surface area contributed by atoms with Gasteiger partial charge in [0.2, 0.25) is 0 Å². The third-order valence-corrected chi connectivity index (χ3v) is 4.24. The molecule has 0 aliphatic carbocycles. The summed E-state index contributed by atoms with van der Waals surface area (Å²) in [4.78, 5) is 2.02. The number of benzene rings is 2. The van der Waals surface area contributed by atoms with Gasteiger partial charge in [-0.05, 0) is 56.2 Å². The highest BCUT2D eigenvalue weighted by Gasteiger charge is 2.11. The van der Waals surface area contributed by atoms with Gasteiger partial charge in [-0.2, -0.15) is 0 Å². The lowest BCUT2D eigenvalue weighted by Gasteiger charge is -2.13. The highest BCUT2D eigenvalue weighted by Crippen LogP contribution is 2.35. The fourth-order valence-electron chi connectivity index (χ4n) is 1.97. The topological polar surface area (TPSA) is 20.2 Å². The van der Waals surface area contributed by atoms with E-state index in [4.69, 9.17) is 0 Å². The van der Waals surface area contributed by atoms with Crippen LogP contribution in [0.4, 0.5) is 4.39 Å². The number of hydrogen-bond donors (Lipinski definition) is 1. The molecular formula is C16H17FOS. The number of rotatable bonds is 3. The molecule has 2 rings (SSSR count). The zero-order chi connectivity index (χ0) is 14.0. The lowest BCUT2D eigenvalue weighted by atomic mass is 10.1. The zero-order valence-electron chi connectivity index (χ0n) is 11.3. The molecule has 1 atom stereocenters. The predicted molar refractivity (Wildman–Crippen MR) is 77.1 cm³/mol. The number of aliphatic hydroxyl groups is 1. The molecule has 2 aromatic carbocycles. The van der Waals surface area contributed by atoms with Crippen LogP contribution in [0.25, 0.3) is 0 Å². The molecule has 0 saturated carbocycles. The Bertz CT molecular complexity index is 593. The first-order chi connectivity index (χ1) is 8.97. The molecule has 0 aliphatic heterocycles. The molecule has 0 aliphatic rings. The van der Waals surface area contributed by atoms with Gasteiger partial charge in [-0.3, -0.25) is 0 Å². The maximum atomic E-state index is 13.3. The molecule has 0 radical (unpaired) electrons. The van der Waals surface area contributed by atoms with E-state index in [1.165, 1.54) is 23.3 Å². The summed E-state index contributed by atoms with van der Waals surface area (Å²) in [5.41, 5.74) is 3.03. The van der Waals surface area contributed by atoms with E-state index >= 15 is 0 Å². The summed E-state index contributed by atoms with van der Waals surface area (Å²) in [6.07, 6.45) is -0.677. The summed E-state index contributed by atoms with van der Waals surface area (Å²) < 4.78 is 13.3. The molecule has 0 heterocycles. The van der Waals surface area contributed by atoms with Crippen molar-refractivity contribution in [3.05, 3.63) is 58.9 Å². The van der Waals surface area contributed by atoms with Crippen molar-refractivity contribution < 1.29 is 9.50 Å². The van der Waals surface area contributed by atoms with Crippen LogP contribution < -0.4 is 0 Å². The Balaban J connectivity index is 2.38. The number of hydrogen-bond acceptors (Lipinski definition) is 2. The SMILES string of the molecule is Cc1ccc(Sc2ccc(F)cc2[C@@H](C)O)c(C)c1. The first-order valence-corrected chi connectivity index (χ1v) is 7.01. The minimum Gasteiger partial charge on any atom is -0.389 e. The van der Waals surface area contributed by atoms with Crippen molar-refractivity contribution >= 4 is 11.8 Å². The van der Waals surface area contributed by atoms with Gasteiger partial charge in [0.15, 0.2) is 0 Å². The summed E-state index contributed by atoms with van der Waals surface area (Å²) in [6.45, 7) is 5.77. The molecule has 0 saturated heterocycles. The van der Waals surface area contributed by atoms with Gasteiger partial charge in [0.05, 0.1) is 6.10 Å². The highest BCUT2D eigenvalue weighted by molar-refractivity contribution is 7.99. The number of halogens is 1. The Hall–Kier alpha value is -1.32. The van der Waals surface area contributed by atoms with E-state index in [0.717, 1.165) is 9.79 Å². The van der Waals surface area contributed by atoms with Gasteiger partial charge in [-0.25, -0.2) is 4.39 Å². The largest absolute Gasteiger partial charge is 0.389 e. The Morgan fingerprint density at radius 3 is 2.37 bits per heavy atom. The molecule has 3 heteroatoms. The second-order valence-electron chi connectivity index (χ2n) is 4.73. The van der Waals surface area contributed by atoms with E-state index in [9.17, 15) is 9.50 Å². The van der Waals surface area contributed by atoms with Gasteiger partial charge in [0, 0.05) is 9.79 Å². The maximum absolute atomic E-state index is 13.3. The molecular weight excluding hydrogens is 259 g/mol. The molecule has 0 fully saturated rings. The van der Waals surface area contributed by atoms with E-state index in [1.807, 2.05) is 0 Å². The van der Waals surface area contributed by atoms with Crippen LogP contribution in [0, 0.1) is 19.7 Å². The van der Waals surface area contributed by atoms with Gasteiger partial charge in [0.25, 0.3) is 0 Å². The molecule has 0 bridgehead atoms. The van der Waals surface area contributed by atoms with Gasteiger partial charge < -0.3 is 5.11 Å². The lowest BCUT2D eigenvalue weighted by molar-refractivity contribution is 0.196. The third-order valence-electron chi connectivity index (χ3n) is 2.97. The molecule has 100 valence electrons. The first-order valence-electron chi connectivity index (χ1n) is 6.20. The monoisotopic (exact) mass is 276 g/mol. The fourth-order valence-corrected chi connectivity index (χ4v) is 3.05. The molecule has 0 aromatic heterocycles. The van der Waals surface area contributed by atoms with E-state index < -0.39 is 6.10 Å². The average Bonchev–Trinajstić information content (AvgIpc) is 2.34.